The fourth-order valence-electron chi connectivity index (χ4n) is 2.29. The van der Waals surface area contributed by atoms with Gasteiger partial charge in [0.25, 0.3) is 0 Å². The minimum absolute atomic E-state index is 0.295. The Kier molecular flexibility index (Phi) is 3.97. The summed E-state index contributed by atoms with van der Waals surface area (Å²) in [4.78, 5) is 13.5. The number of rotatable bonds is 4. The topological polar surface area (TPSA) is 38.8 Å². The quantitative estimate of drug-likeness (QED) is 0.813. The number of hydrogen-bond acceptors (Lipinski definition) is 3. The monoisotopic (exact) mass is 293 g/mol. The molecule has 0 N–H and O–H groups in total. The summed E-state index contributed by atoms with van der Waals surface area (Å²) >= 11 is 0. The van der Waals surface area contributed by atoms with Gasteiger partial charge in [0, 0.05) is 11.3 Å². The molecule has 4 nitrogen and oxygen atoms in total. The smallest absolute Gasteiger partial charge is 0.414 e. The van der Waals surface area contributed by atoms with E-state index in [1.54, 1.807) is 11.0 Å². The van der Waals surface area contributed by atoms with E-state index in [-0.39, 0.29) is 12.2 Å². The average molecular weight is 293 g/mol. The Labute approximate surface area is 129 Å². The van der Waals surface area contributed by atoms with E-state index in [0.29, 0.717) is 18.9 Å². The van der Waals surface area contributed by atoms with E-state index in [0.717, 1.165) is 11.3 Å². The number of hydrogen-bond donors (Lipinski definition) is 0. The van der Waals surface area contributed by atoms with Crippen molar-refractivity contribution in [1.82, 2.24) is 0 Å². The zero-order chi connectivity index (χ0) is 15.4. The van der Waals surface area contributed by atoms with Gasteiger partial charge in [-0.15, -0.1) is 6.42 Å². The first kappa shape index (κ1) is 14.0. The van der Waals surface area contributed by atoms with Gasteiger partial charge in [-0.25, -0.2) is 4.79 Å². The maximum Gasteiger partial charge on any atom is 0.414 e. The summed E-state index contributed by atoms with van der Waals surface area (Å²) < 4.78 is 11.0. The Morgan fingerprint density at radius 3 is 2.82 bits per heavy atom. The molecule has 0 aromatic heterocycles. The molecule has 1 aliphatic heterocycles. The second kappa shape index (κ2) is 6.23. The number of cyclic esters (lactones) is 1. The van der Waals surface area contributed by atoms with Gasteiger partial charge in [-0.05, 0) is 30.3 Å². The summed E-state index contributed by atoms with van der Waals surface area (Å²) in [6.45, 7) is 0.765. The highest BCUT2D eigenvalue weighted by atomic mass is 16.6. The van der Waals surface area contributed by atoms with Crippen LogP contribution in [0, 0.1) is 12.3 Å². The van der Waals surface area contributed by atoms with Gasteiger partial charge < -0.3 is 9.47 Å². The maximum absolute atomic E-state index is 11.9. The summed E-state index contributed by atoms with van der Waals surface area (Å²) in [7, 11) is 0. The van der Waals surface area contributed by atoms with E-state index in [9.17, 15) is 4.79 Å². The van der Waals surface area contributed by atoms with E-state index in [1.807, 2.05) is 48.5 Å². The zero-order valence-electron chi connectivity index (χ0n) is 11.9. The van der Waals surface area contributed by atoms with Crippen molar-refractivity contribution in [3.05, 3.63) is 60.2 Å². The highest BCUT2D eigenvalue weighted by Gasteiger charge is 2.32. The number of anilines is 1. The number of carbonyl (C=O) groups excluding carboxylic acids is 1. The first-order valence-electron chi connectivity index (χ1n) is 6.99. The van der Waals surface area contributed by atoms with Crippen LogP contribution in [0.4, 0.5) is 10.5 Å². The van der Waals surface area contributed by atoms with Crippen LogP contribution < -0.4 is 9.64 Å². The van der Waals surface area contributed by atoms with Crippen molar-refractivity contribution in [2.24, 2.45) is 0 Å². The second-order valence-corrected chi connectivity index (χ2v) is 4.94. The third kappa shape index (κ3) is 3.04. The van der Waals surface area contributed by atoms with Crippen molar-refractivity contribution in [3.63, 3.8) is 0 Å². The van der Waals surface area contributed by atoms with Gasteiger partial charge in [0.15, 0.2) is 6.10 Å². The molecule has 110 valence electrons. The van der Waals surface area contributed by atoms with E-state index in [4.69, 9.17) is 15.9 Å². The Hall–Kier alpha value is -2.93. The van der Waals surface area contributed by atoms with E-state index >= 15 is 0 Å². The molecule has 0 saturated carbocycles. The van der Waals surface area contributed by atoms with Crippen LogP contribution in [0.2, 0.25) is 0 Å². The summed E-state index contributed by atoms with van der Waals surface area (Å²) in [5, 5.41) is 0. The molecule has 1 heterocycles. The normalized spacial score (nSPS) is 17.0. The molecule has 1 unspecified atom stereocenters. The summed E-state index contributed by atoms with van der Waals surface area (Å²) in [5.74, 6) is 3.23. The van der Waals surface area contributed by atoms with Gasteiger partial charge in [0.05, 0.1) is 6.54 Å². The lowest BCUT2D eigenvalue weighted by atomic mass is 10.2. The lowest BCUT2D eigenvalue weighted by Crippen LogP contribution is -2.26. The fourth-order valence-corrected chi connectivity index (χ4v) is 2.29. The van der Waals surface area contributed by atoms with Crippen molar-refractivity contribution < 1.29 is 14.3 Å². The van der Waals surface area contributed by atoms with Gasteiger partial charge in [-0.2, -0.15) is 0 Å². The predicted octanol–water partition coefficient (Wildman–Crippen LogP) is 3.07. The van der Waals surface area contributed by atoms with Gasteiger partial charge in [0.2, 0.25) is 0 Å². The average Bonchev–Trinajstić information content (AvgIpc) is 2.95. The van der Waals surface area contributed by atoms with Crippen LogP contribution in [0.15, 0.2) is 54.6 Å². The van der Waals surface area contributed by atoms with Crippen molar-refractivity contribution in [3.8, 4) is 18.1 Å². The van der Waals surface area contributed by atoms with Crippen LogP contribution in [0.1, 0.15) is 5.56 Å². The molecule has 1 aliphatic rings. The highest BCUT2D eigenvalue weighted by Crippen LogP contribution is 2.22. The van der Waals surface area contributed by atoms with Gasteiger partial charge in [-0.3, -0.25) is 4.90 Å². The maximum atomic E-state index is 11.9. The standard InChI is InChI=1S/C18H15NO3/c1-2-14-7-6-10-16(11-14)21-13-17-12-19(18(20)22-17)15-8-4-3-5-9-15/h1,3-11,17H,12-13H2. The second-order valence-electron chi connectivity index (χ2n) is 4.94. The third-order valence-corrected chi connectivity index (χ3v) is 3.38. The Balaban J connectivity index is 1.61. The Morgan fingerprint density at radius 1 is 1.23 bits per heavy atom. The van der Waals surface area contributed by atoms with Crippen molar-refractivity contribution in [1.29, 1.82) is 0 Å². The molecule has 1 atom stereocenters. The number of benzene rings is 2. The molecule has 1 fully saturated rings. The molecule has 1 amide bonds. The molecule has 22 heavy (non-hydrogen) atoms. The SMILES string of the molecule is C#Cc1cccc(OCC2CN(c3ccccc3)C(=O)O2)c1. The van der Waals surface area contributed by atoms with Crippen LogP contribution >= 0.6 is 0 Å². The summed E-state index contributed by atoms with van der Waals surface area (Å²) in [5.41, 5.74) is 1.58. The van der Waals surface area contributed by atoms with Gasteiger partial charge >= 0.3 is 6.09 Å². The molecule has 3 rings (SSSR count). The highest BCUT2D eigenvalue weighted by molar-refractivity contribution is 5.89. The van der Waals surface area contributed by atoms with E-state index in [1.165, 1.54) is 0 Å². The molecular weight excluding hydrogens is 278 g/mol. The minimum Gasteiger partial charge on any atom is -0.490 e. The number of para-hydroxylation sites is 1. The van der Waals surface area contributed by atoms with Crippen molar-refractivity contribution in [2.75, 3.05) is 18.1 Å². The molecule has 0 bridgehead atoms. The minimum atomic E-state index is -0.350. The first-order valence-corrected chi connectivity index (χ1v) is 6.99. The lowest BCUT2D eigenvalue weighted by Gasteiger charge is -2.13. The molecule has 1 saturated heterocycles. The summed E-state index contributed by atoms with van der Waals surface area (Å²) in [6, 6.07) is 16.7. The van der Waals surface area contributed by atoms with Crippen LogP contribution in [0.5, 0.6) is 5.75 Å². The predicted molar refractivity (Wildman–Crippen MR) is 83.9 cm³/mol. The molecule has 2 aromatic carbocycles. The molecule has 4 heteroatoms. The Bertz CT molecular complexity index is 706. The summed E-state index contributed by atoms with van der Waals surface area (Å²) in [6.07, 6.45) is 4.70. The van der Waals surface area contributed by atoms with E-state index in [2.05, 4.69) is 5.92 Å². The number of ether oxygens (including phenoxy) is 2. The number of nitrogens with zero attached hydrogens (tertiary/aromatic N) is 1. The number of carbonyl (C=O) groups is 1. The Morgan fingerprint density at radius 2 is 2.05 bits per heavy atom. The molecule has 0 spiro atoms. The van der Waals surface area contributed by atoms with Crippen molar-refractivity contribution in [2.45, 2.75) is 6.10 Å². The fraction of sp³-hybridized carbons (Fsp3) is 0.167. The van der Waals surface area contributed by atoms with Crippen LogP contribution in [-0.4, -0.2) is 25.3 Å². The molecular formula is C18H15NO3. The van der Waals surface area contributed by atoms with E-state index < -0.39 is 0 Å². The first-order chi connectivity index (χ1) is 10.8. The number of amides is 1. The zero-order valence-corrected chi connectivity index (χ0v) is 11.9. The van der Waals surface area contributed by atoms with Crippen LogP contribution in [0.3, 0.4) is 0 Å². The van der Waals surface area contributed by atoms with Gasteiger partial charge in [0.1, 0.15) is 12.4 Å². The van der Waals surface area contributed by atoms with Crippen molar-refractivity contribution >= 4 is 11.8 Å². The van der Waals surface area contributed by atoms with Crippen LogP contribution in [0.25, 0.3) is 0 Å². The third-order valence-electron chi connectivity index (χ3n) is 3.38. The lowest BCUT2D eigenvalue weighted by molar-refractivity contribution is 0.105. The van der Waals surface area contributed by atoms with Crippen LogP contribution in [-0.2, 0) is 4.74 Å². The van der Waals surface area contributed by atoms with Gasteiger partial charge in [-0.1, -0.05) is 30.2 Å². The molecule has 2 aromatic rings. The molecule has 0 aliphatic carbocycles. The number of terminal acetylenes is 1. The largest absolute Gasteiger partial charge is 0.490 e. The molecule has 0 radical (unpaired) electrons.